The van der Waals surface area contributed by atoms with Gasteiger partial charge < -0.3 is 11.1 Å². The average molecular weight is 182 g/mol. The second kappa shape index (κ2) is 2.96. The highest BCUT2D eigenvalue weighted by Gasteiger charge is 2.46. The van der Waals surface area contributed by atoms with E-state index in [1.165, 1.54) is 25.7 Å². The van der Waals surface area contributed by atoms with E-state index in [1.54, 1.807) is 0 Å². The fraction of sp³-hybridized carbons (Fsp3) is 1.00. The van der Waals surface area contributed by atoms with E-state index in [9.17, 15) is 0 Å². The van der Waals surface area contributed by atoms with Crippen LogP contribution >= 0.6 is 0 Å². The maximum atomic E-state index is 5.80. The van der Waals surface area contributed by atoms with Gasteiger partial charge in [-0.15, -0.1) is 0 Å². The molecule has 2 aliphatic carbocycles. The average Bonchev–Trinajstić information content (AvgIpc) is 2.58. The minimum absolute atomic E-state index is 0.471. The van der Waals surface area contributed by atoms with Gasteiger partial charge >= 0.3 is 0 Å². The van der Waals surface area contributed by atoms with Crippen molar-refractivity contribution in [3.63, 3.8) is 0 Å². The summed E-state index contributed by atoms with van der Waals surface area (Å²) in [7, 11) is 0. The molecule has 2 aliphatic rings. The molecule has 2 fully saturated rings. The standard InChI is InChI=1S/C11H22N2/c1-10(2)6-9(10)13-8-11(7-12)4-3-5-11/h9,13H,3-8,12H2,1-2H3. The molecule has 2 nitrogen and oxygen atoms in total. The van der Waals surface area contributed by atoms with Gasteiger partial charge in [-0.3, -0.25) is 0 Å². The first-order chi connectivity index (χ1) is 6.08. The number of nitrogens with one attached hydrogen (secondary N) is 1. The third kappa shape index (κ3) is 1.75. The summed E-state index contributed by atoms with van der Waals surface area (Å²) < 4.78 is 0. The summed E-state index contributed by atoms with van der Waals surface area (Å²) in [5.74, 6) is 0. The molecule has 76 valence electrons. The van der Waals surface area contributed by atoms with Crippen molar-refractivity contribution < 1.29 is 0 Å². The van der Waals surface area contributed by atoms with Crippen LogP contribution in [0.5, 0.6) is 0 Å². The van der Waals surface area contributed by atoms with Gasteiger partial charge in [0.1, 0.15) is 0 Å². The van der Waals surface area contributed by atoms with Gasteiger partial charge in [-0.1, -0.05) is 20.3 Å². The molecular formula is C11H22N2. The highest BCUT2D eigenvalue weighted by molar-refractivity contribution is 5.03. The second-order valence-corrected chi connectivity index (χ2v) is 5.68. The van der Waals surface area contributed by atoms with Crippen molar-refractivity contribution in [2.45, 2.75) is 45.6 Å². The predicted octanol–water partition coefficient (Wildman–Crippen LogP) is 1.50. The van der Waals surface area contributed by atoms with Crippen LogP contribution in [0.1, 0.15) is 39.5 Å². The lowest BCUT2D eigenvalue weighted by atomic mass is 9.69. The number of rotatable bonds is 4. The van der Waals surface area contributed by atoms with Gasteiger partial charge in [-0.05, 0) is 36.6 Å². The van der Waals surface area contributed by atoms with Crippen LogP contribution in [0.15, 0.2) is 0 Å². The molecule has 0 saturated heterocycles. The molecule has 0 amide bonds. The number of hydrogen-bond acceptors (Lipinski definition) is 2. The Labute approximate surface area is 81.3 Å². The van der Waals surface area contributed by atoms with E-state index >= 15 is 0 Å². The van der Waals surface area contributed by atoms with Gasteiger partial charge in [0, 0.05) is 12.6 Å². The fourth-order valence-corrected chi connectivity index (χ4v) is 2.29. The number of hydrogen-bond donors (Lipinski definition) is 2. The summed E-state index contributed by atoms with van der Waals surface area (Å²) in [4.78, 5) is 0. The lowest BCUT2D eigenvalue weighted by Crippen LogP contribution is -2.46. The van der Waals surface area contributed by atoms with E-state index < -0.39 is 0 Å². The smallest absolute Gasteiger partial charge is 0.0125 e. The monoisotopic (exact) mass is 182 g/mol. The van der Waals surface area contributed by atoms with Crippen molar-refractivity contribution in [1.82, 2.24) is 5.32 Å². The third-order valence-electron chi connectivity index (χ3n) is 4.08. The molecule has 2 heteroatoms. The second-order valence-electron chi connectivity index (χ2n) is 5.68. The molecule has 2 saturated carbocycles. The van der Waals surface area contributed by atoms with Crippen molar-refractivity contribution in [2.75, 3.05) is 13.1 Å². The third-order valence-corrected chi connectivity index (χ3v) is 4.08. The topological polar surface area (TPSA) is 38.0 Å². The van der Waals surface area contributed by atoms with Crippen LogP contribution in [0.4, 0.5) is 0 Å². The van der Waals surface area contributed by atoms with Gasteiger partial charge in [-0.2, -0.15) is 0 Å². The summed E-state index contributed by atoms with van der Waals surface area (Å²) in [5.41, 5.74) is 6.83. The Bertz CT molecular complexity index is 189. The molecule has 0 spiro atoms. The van der Waals surface area contributed by atoms with Crippen LogP contribution in [-0.4, -0.2) is 19.1 Å². The molecule has 0 radical (unpaired) electrons. The normalized spacial score (nSPS) is 33.9. The van der Waals surface area contributed by atoms with Gasteiger partial charge in [0.15, 0.2) is 0 Å². The summed E-state index contributed by atoms with van der Waals surface area (Å²) >= 11 is 0. The zero-order valence-corrected chi connectivity index (χ0v) is 8.90. The molecule has 1 unspecified atom stereocenters. The highest BCUT2D eigenvalue weighted by Crippen LogP contribution is 2.46. The van der Waals surface area contributed by atoms with Crippen molar-refractivity contribution >= 4 is 0 Å². The van der Waals surface area contributed by atoms with Gasteiger partial charge in [0.2, 0.25) is 0 Å². The lowest BCUT2D eigenvalue weighted by molar-refractivity contribution is 0.139. The van der Waals surface area contributed by atoms with E-state index in [0.29, 0.717) is 10.8 Å². The zero-order valence-electron chi connectivity index (χ0n) is 8.90. The minimum atomic E-state index is 0.471. The first-order valence-electron chi connectivity index (χ1n) is 5.52. The first-order valence-corrected chi connectivity index (χ1v) is 5.52. The fourth-order valence-electron chi connectivity index (χ4n) is 2.29. The predicted molar refractivity (Wildman–Crippen MR) is 55.5 cm³/mol. The molecule has 0 aromatic rings. The quantitative estimate of drug-likeness (QED) is 0.691. The zero-order chi connectivity index (χ0) is 9.53. The van der Waals surface area contributed by atoms with Crippen LogP contribution in [0.3, 0.4) is 0 Å². The maximum Gasteiger partial charge on any atom is 0.0125 e. The molecule has 0 aromatic heterocycles. The van der Waals surface area contributed by atoms with E-state index in [4.69, 9.17) is 5.73 Å². The van der Waals surface area contributed by atoms with Crippen LogP contribution in [-0.2, 0) is 0 Å². The van der Waals surface area contributed by atoms with Gasteiger partial charge in [0.05, 0.1) is 0 Å². The lowest BCUT2D eigenvalue weighted by Gasteiger charge is -2.41. The molecular weight excluding hydrogens is 160 g/mol. The largest absolute Gasteiger partial charge is 0.330 e. The Morgan fingerprint density at radius 3 is 2.31 bits per heavy atom. The molecule has 0 aliphatic heterocycles. The van der Waals surface area contributed by atoms with Crippen LogP contribution < -0.4 is 11.1 Å². The molecule has 13 heavy (non-hydrogen) atoms. The molecule has 0 heterocycles. The maximum absolute atomic E-state index is 5.80. The van der Waals surface area contributed by atoms with Gasteiger partial charge in [0.25, 0.3) is 0 Å². The first kappa shape index (κ1) is 9.47. The van der Waals surface area contributed by atoms with Crippen LogP contribution in [0, 0.1) is 10.8 Å². The highest BCUT2D eigenvalue weighted by atomic mass is 15.0. The van der Waals surface area contributed by atoms with E-state index in [0.717, 1.165) is 19.1 Å². The summed E-state index contributed by atoms with van der Waals surface area (Å²) in [5, 5.41) is 3.66. The van der Waals surface area contributed by atoms with Crippen LogP contribution in [0.25, 0.3) is 0 Å². The van der Waals surface area contributed by atoms with Crippen molar-refractivity contribution in [1.29, 1.82) is 0 Å². The minimum Gasteiger partial charge on any atom is -0.330 e. The van der Waals surface area contributed by atoms with Crippen molar-refractivity contribution in [3.05, 3.63) is 0 Å². The summed E-state index contributed by atoms with van der Waals surface area (Å²) in [6.45, 7) is 6.69. The Kier molecular flexibility index (Phi) is 2.16. The summed E-state index contributed by atoms with van der Waals surface area (Å²) in [6, 6.07) is 0.761. The Balaban J connectivity index is 1.73. The SMILES string of the molecule is CC1(C)CC1NCC1(CN)CCC1. The van der Waals surface area contributed by atoms with E-state index in [1.807, 2.05) is 0 Å². The van der Waals surface area contributed by atoms with Gasteiger partial charge in [-0.25, -0.2) is 0 Å². The Morgan fingerprint density at radius 1 is 1.38 bits per heavy atom. The number of nitrogens with two attached hydrogens (primary N) is 1. The van der Waals surface area contributed by atoms with E-state index in [-0.39, 0.29) is 0 Å². The van der Waals surface area contributed by atoms with Crippen molar-refractivity contribution in [3.8, 4) is 0 Å². The van der Waals surface area contributed by atoms with Crippen LogP contribution in [0.2, 0.25) is 0 Å². The Hall–Kier alpha value is -0.0800. The molecule has 3 N–H and O–H groups in total. The van der Waals surface area contributed by atoms with Crippen molar-refractivity contribution in [2.24, 2.45) is 16.6 Å². The molecule has 2 rings (SSSR count). The summed E-state index contributed by atoms with van der Waals surface area (Å²) in [6.07, 6.45) is 5.40. The molecule has 1 atom stereocenters. The Morgan fingerprint density at radius 2 is 2.00 bits per heavy atom. The molecule has 0 bridgehead atoms. The van der Waals surface area contributed by atoms with E-state index in [2.05, 4.69) is 19.2 Å². The molecule has 0 aromatic carbocycles.